The third-order valence-electron chi connectivity index (χ3n) is 5.80. The van der Waals surface area contributed by atoms with Crippen molar-refractivity contribution in [2.24, 2.45) is 4.99 Å². The minimum Gasteiger partial charge on any atom is -0.493 e. The number of ether oxygens (including phenoxy) is 3. The van der Waals surface area contributed by atoms with Gasteiger partial charge < -0.3 is 14.2 Å². The summed E-state index contributed by atoms with van der Waals surface area (Å²) in [6.07, 6.45) is 1.64. The van der Waals surface area contributed by atoms with Crippen molar-refractivity contribution in [2.75, 3.05) is 20.3 Å². The van der Waals surface area contributed by atoms with Crippen LogP contribution in [-0.2, 0) is 9.53 Å². The smallest absolute Gasteiger partial charge is 0.338 e. The second-order valence-corrected chi connectivity index (χ2v) is 9.97. The van der Waals surface area contributed by atoms with Crippen molar-refractivity contribution in [1.29, 1.82) is 0 Å². The minimum atomic E-state index is -0.858. The zero-order chi connectivity index (χ0) is 27.6. The molecule has 0 radical (unpaired) electrons. The molecule has 0 fully saturated rings. The first-order valence-corrected chi connectivity index (χ1v) is 13.2. The number of carbonyl (C=O) groups is 1. The Labute approximate surface area is 229 Å². The van der Waals surface area contributed by atoms with Crippen molar-refractivity contribution in [2.45, 2.75) is 26.8 Å². The topological polar surface area (TPSA) is 122 Å². The van der Waals surface area contributed by atoms with E-state index in [1.165, 1.54) is 23.8 Å². The number of halogens is 1. The molecule has 3 aromatic rings. The summed E-state index contributed by atoms with van der Waals surface area (Å²) in [5.74, 6) is 0.369. The highest BCUT2D eigenvalue weighted by atomic mass is 79.9. The standard InChI is InChI=1S/C26H24BrN3O7S/c1-5-36-20-13-18(27)17(12-19(20)35-4)23-22(25(32)37-6-2)14(3)28-26-29(23)24(31)21(38-26)11-15-7-9-16(10-8-15)30(33)34/h7-13,23H,5-6H2,1-4H3/b21-11+/t23-/m1/s1. The lowest BCUT2D eigenvalue weighted by Crippen LogP contribution is -2.40. The number of hydrogen-bond donors (Lipinski definition) is 0. The third kappa shape index (κ3) is 5.14. The maximum absolute atomic E-state index is 13.8. The molecule has 0 unspecified atom stereocenters. The molecule has 1 aromatic heterocycles. The summed E-state index contributed by atoms with van der Waals surface area (Å²) in [4.78, 5) is 42.4. The van der Waals surface area contributed by atoms with E-state index in [1.807, 2.05) is 6.92 Å². The van der Waals surface area contributed by atoms with Crippen LogP contribution in [0.25, 0.3) is 6.08 Å². The van der Waals surface area contributed by atoms with Gasteiger partial charge in [0.15, 0.2) is 16.3 Å². The van der Waals surface area contributed by atoms with Crippen LogP contribution in [0, 0.1) is 10.1 Å². The van der Waals surface area contributed by atoms with E-state index in [0.29, 0.717) is 48.7 Å². The Morgan fingerprint density at radius 3 is 2.53 bits per heavy atom. The molecule has 0 N–H and O–H groups in total. The lowest BCUT2D eigenvalue weighted by molar-refractivity contribution is -0.384. The number of aromatic nitrogens is 1. The monoisotopic (exact) mass is 601 g/mol. The molecule has 0 bridgehead atoms. The van der Waals surface area contributed by atoms with Crippen molar-refractivity contribution in [3.63, 3.8) is 0 Å². The molecule has 2 aromatic carbocycles. The summed E-state index contributed by atoms with van der Waals surface area (Å²) < 4.78 is 19.0. The molecule has 4 rings (SSSR count). The highest BCUT2D eigenvalue weighted by molar-refractivity contribution is 9.10. The maximum atomic E-state index is 13.8. The van der Waals surface area contributed by atoms with Gasteiger partial charge in [0.2, 0.25) is 0 Å². The summed E-state index contributed by atoms with van der Waals surface area (Å²) >= 11 is 4.75. The molecule has 0 amide bonds. The van der Waals surface area contributed by atoms with Gasteiger partial charge in [0, 0.05) is 16.6 Å². The molecule has 2 heterocycles. The maximum Gasteiger partial charge on any atom is 0.338 e. The van der Waals surface area contributed by atoms with Crippen molar-refractivity contribution in [3.05, 3.63) is 93.1 Å². The van der Waals surface area contributed by atoms with Gasteiger partial charge in [-0.15, -0.1) is 0 Å². The summed E-state index contributed by atoms with van der Waals surface area (Å²) in [6.45, 7) is 5.84. The van der Waals surface area contributed by atoms with Crippen LogP contribution in [0.3, 0.4) is 0 Å². The number of methoxy groups -OCH3 is 1. The zero-order valence-corrected chi connectivity index (χ0v) is 23.4. The Morgan fingerprint density at radius 1 is 1.21 bits per heavy atom. The van der Waals surface area contributed by atoms with E-state index in [0.717, 1.165) is 11.3 Å². The second-order valence-electron chi connectivity index (χ2n) is 8.11. The van der Waals surface area contributed by atoms with Crippen molar-refractivity contribution in [1.82, 2.24) is 4.57 Å². The van der Waals surface area contributed by atoms with Crippen LogP contribution >= 0.6 is 27.3 Å². The van der Waals surface area contributed by atoms with Gasteiger partial charge in [0.25, 0.3) is 11.2 Å². The number of hydrogen-bond acceptors (Lipinski definition) is 9. The summed E-state index contributed by atoms with van der Waals surface area (Å²) in [5.41, 5.74) is 1.44. The van der Waals surface area contributed by atoms with Crippen LogP contribution in [0.5, 0.6) is 11.5 Å². The molecular formula is C26H24BrN3O7S. The SMILES string of the molecule is CCOC(=O)C1=C(C)N=c2s/c(=C/c3ccc([N+](=O)[O-])cc3)c(=O)n2[C@@H]1c1cc(OC)c(OCC)cc1Br. The number of carbonyl (C=O) groups excluding carboxylic acids is 1. The Balaban J connectivity index is 1.96. The van der Waals surface area contributed by atoms with E-state index in [2.05, 4.69) is 20.9 Å². The zero-order valence-electron chi connectivity index (χ0n) is 21.0. The molecule has 0 spiro atoms. The number of nitrogens with zero attached hydrogens (tertiary/aromatic N) is 3. The van der Waals surface area contributed by atoms with E-state index >= 15 is 0 Å². The van der Waals surface area contributed by atoms with Crippen LogP contribution in [0.1, 0.15) is 37.9 Å². The van der Waals surface area contributed by atoms with Crippen LogP contribution in [0.15, 0.2) is 61.9 Å². The van der Waals surface area contributed by atoms with Gasteiger partial charge in [-0.05, 0) is 62.2 Å². The van der Waals surface area contributed by atoms with E-state index in [-0.39, 0.29) is 23.4 Å². The summed E-state index contributed by atoms with van der Waals surface area (Å²) in [7, 11) is 1.51. The predicted molar refractivity (Wildman–Crippen MR) is 145 cm³/mol. The Hall–Kier alpha value is -3.77. The van der Waals surface area contributed by atoms with E-state index in [9.17, 15) is 19.7 Å². The number of fused-ring (bicyclic) bond motifs is 1. The average molecular weight is 602 g/mol. The number of thiazole rings is 1. The number of nitro benzene ring substituents is 1. The Morgan fingerprint density at radius 2 is 1.92 bits per heavy atom. The number of rotatable bonds is 8. The number of allylic oxidation sites excluding steroid dienone is 1. The van der Waals surface area contributed by atoms with E-state index in [4.69, 9.17) is 14.2 Å². The molecule has 1 aliphatic rings. The molecule has 0 aliphatic carbocycles. The van der Waals surface area contributed by atoms with Crippen molar-refractivity contribution in [3.8, 4) is 11.5 Å². The van der Waals surface area contributed by atoms with Gasteiger partial charge in [-0.2, -0.15) is 0 Å². The lowest BCUT2D eigenvalue weighted by Gasteiger charge is -2.26. The molecule has 198 valence electrons. The fourth-order valence-corrected chi connectivity index (χ4v) is 5.70. The highest BCUT2D eigenvalue weighted by Crippen LogP contribution is 2.41. The highest BCUT2D eigenvalue weighted by Gasteiger charge is 2.35. The normalized spacial score (nSPS) is 15.1. The fraction of sp³-hybridized carbons (Fsp3) is 0.269. The van der Waals surface area contributed by atoms with Gasteiger partial charge in [0.05, 0.1) is 47.1 Å². The van der Waals surface area contributed by atoms with Gasteiger partial charge in [-0.25, -0.2) is 9.79 Å². The number of benzene rings is 2. The first-order chi connectivity index (χ1) is 18.2. The van der Waals surface area contributed by atoms with Crippen LogP contribution in [0.2, 0.25) is 0 Å². The molecule has 10 nitrogen and oxygen atoms in total. The van der Waals surface area contributed by atoms with Crippen LogP contribution in [0.4, 0.5) is 5.69 Å². The van der Waals surface area contributed by atoms with Gasteiger partial charge in [-0.3, -0.25) is 19.5 Å². The van der Waals surface area contributed by atoms with Gasteiger partial charge in [-0.1, -0.05) is 27.3 Å². The number of esters is 1. The quantitative estimate of drug-likeness (QED) is 0.218. The average Bonchev–Trinajstić information content (AvgIpc) is 3.18. The van der Waals surface area contributed by atoms with Crippen LogP contribution < -0.4 is 24.4 Å². The molecule has 1 atom stereocenters. The molecule has 0 saturated heterocycles. The minimum absolute atomic E-state index is 0.0485. The summed E-state index contributed by atoms with van der Waals surface area (Å²) in [6, 6.07) is 8.49. The van der Waals surface area contributed by atoms with Crippen LogP contribution in [-0.4, -0.2) is 35.8 Å². The third-order valence-corrected chi connectivity index (χ3v) is 7.47. The largest absolute Gasteiger partial charge is 0.493 e. The number of nitro groups is 1. The first kappa shape index (κ1) is 27.3. The van der Waals surface area contributed by atoms with Gasteiger partial charge >= 0.3 is 5.97 Å². The van der Waals surface area contributed by atoms with E-state index < -0.39 is 16.9 Å². The van der Waals surface area contributed by atoms with E-state index in [1.54, 1.807) is 44.2 Å². The molecule has 1 aliphatic heterocycles. The van der Waals surface area contributed by atoms with Gasteiger partial charge in [0.1, 0.15) is 0 Å². The molecule has 0 saturated carbocycles. The predicted octanol–water partition coefficient (Wildman–Crippen LogP) is 3.88. The molecule has 12 heteroatoms. The summed E-state index contributed by atoms with van der Waals surface area (Å²) in [5, 5.41) is 11.0. The van der Waals surface area contributed by atoms with Crippen molar-refractivity contribution < 1.29 is 23.9 Å². The molecular weight excluding hydrogens is 578 g/mol. The molecule has 38 heavy (non-hydrogen) atoms. The lowest BCUT2D eigenvalue weighted by atomic mass is 9.95. The fourth-order valence-electron chi connectivity index (χ4n) is 4.12. The first-order valence-electron chi connectivity index (χ1n) is 11.6. The second kappa shape index (κ2) is 11.3. The Kier molecular flexibility index (Phi) is 8.12. The Bertz CT molecular complexity index is 1620. The van der Waals surface area contributed by atoms with Crippen molar-refractivity contribution >= 4 is 45.0 Å². The number of non-ortho nitro benzene ring substituents is 1.